The molecule has 2 aromatic carbocycles. The van der Waals surface area contributed by atoms with Crippen molar-refractivity contribution in [3.63, 3.8) is 0 Å². The van der Waals surface area contributed by atoms with Crippen molar-refractivity contribution < 1.29 is 41.0 Å². The fourth-order valence-electron chi connectivity index (χ4n) is 3.67. The van der Waals surface area contributed by atoms with Crippen molar-refractivity contribution in [2.75, 3.05) is 22.7 Å². The van der Waals surface area contributed by atoms with Gasteiger partial charge in [0.1, 0.15) is 11.9 Å². The minimum atomic E-state index is -4.75. The molecule has 0 spiro atoms. The molecule has 0 radical (unpaired) electrons. The molecule has 0 saturated heterocycles. The van der Waals surface area contributed by atoms with Crippen LogP contribution in [0.15, 0.2) is 47.4 Å². The van der Waals surface area contributed by atoms with E-state index in [0.717, 1.165) is 35.3 Å². The number of halogens is 3. The molecule has 2 aromatic rings. The molecular weight excluding hydrogens is 491 g/mol. The van der Waals surface area contributed by atoms with Gasteiger partial charge in [0, 0.05) is 12.2 Å². The first-order valence-electron chi connectivity index (χ1n) is 10.7. The summed E-state index contributed by atoms with van der Waals surface area (Å²) in [6, 6.07) is 7.20. The average Bonchev–Trinajstić information content (AvgIpc) is 3.61. The van der Waals surface area contributed by atoms with Gasteiger partial charge in [0.25, 0.3) is 10.0 Å². The molecule has 188 valence electrons. The SMILES string of the molecule is O=C(O)Nc1ccc2c(c1)N(S(=O)(=O)c1cccc(C(F)(F)F)c1)CC(CC(=O)NCC1CC1)O2. The summed E-state index contributed by atoms with van der Waals surface area (Å²) in [5, 5.41) is 13.9. The largest absolute Gasteiger partial charge is 0.486 e. The lowest BCUT2D eigenvalue weighted by Crippen LogP contribution is -2.45. The Morgan fingerprint density at radius 1 is 1.14 bits per heavy atom. The Morgan fingerprint density at radius 3 is 2.54 bits per heavy atom. The standard InChI is InChI=1S/C22H22F3N3O6S/c23-22(24,25)14-2-1-3-17(8-14)35(32,33)28-12-16(10-20(29)26-11-13-4-5-13)34-19-7-6-15(9-18(19)28)27-21(30)31/h1-3,6-9,13,16,27H,4-5,10-12H2,(H,26,29)(H,30,31). The topological polar surface area (TPSA) is 125 Å². The molecular formula is C22H22F3N3O6S. The maximum Gasteiger partial charge on any atom is 0.416 e. The molecule has 35 heavy (non-hydrogen) atoms. The Labute approximate surface area is 198 Å². The molecule has 1 aliphatic heterocycles. The van der Waals surface area contributed by atoms with Gasteiger partial charge in [-0.3, -0.25) is 14.4 Å². The van der Waals surface area contributed by atoms with Gasteiger partial charge >= 0.3 is 12.3 Å². The van der Waals surface area contributed by atoms with Gasteiger partial charge in [0.15, 0.2) is 0 Å². The molecule has 1 unspecified atom stereocenters. The van der Waals surface area contributed by atoms with Gasteiger partial charge in [-0.2, -0.15) is 13.2 Å². The van der Waals surface area contributed by atoms with Gasteiger partial charge in [0.2, 0.25) is 5.91 Å². The van der Waals surface area contributed by atoms with E-state index < -0.39 is 38.9 Å². The third kappa shape index (κ3) is 5.78. The second kappa shape index (κ2) is 9.29. The number of carbonyl (C=O) groups excluding carboxylic acids is 1. The van der Waals surface area contributed by atoms with Crippen LogP contribution in [0.2, 0.25) is 0 Å². The summed E-state index contributed by atoms with van der Waals surface area (Å²) in [5.41, 5.74) is -1.17. The molecule has 1 saturated carbocycles. The number of benzene rings is 2. The summed E-state index contributed by atoms with van der Waals surface area (Å²) >= 11 is 0. The molecule has 3 N–H and O–H groups in total. The van der Waals surface area contributed by atoms with E-state index >= 15 is 0 Å². The number of sulfonamides is 1. The van der Waals surface area contributed by atoms with E-state index in [1.165, 1.54) is 18.2 Å². The molecule has 1 atom stereocenters. The smallest absolute Gasteiger partial charge is 0.416 e. The van der Waals surface area contributed by atoms with Gasteiger partial charge in [-0.05, 0) is 55.2 Å². The normalized spacial score (nSPS) is 17.8. The van der Waals surface area contributed by atoms with Crippen LogP contribution in [0.25, 0.3) is 0 Å². The number of hydrogen-bond acceptors (Lipinski definition) is 5. The molecule has 13 heteroatoms. The summed E-state index contributed by atoms with van der Waals surface area (Å²) < 4.78 is 73.3. The highest BCUT2D eigenvalue weighted by molar-refractivity contribution is 7.92. The van der Waals surface area contributed by atoms with Crippen molar-refractivity contribution in [3.8, 4) is 5.75 Å². The van der Waals surface area contributed by atoms with Crippen molar-refractivity contribution >= 4 is 33.4 Å². The highest BCUT2D eigenvalue weighted by Gasteiger charge is 2.38. The van der Waals surface area contributed by atoms with Crippen molar-refractivity contribution in [2.45, 2.75) is 36.4 Å². The number of fused-ring (bicyclic) bond motifs is 1. The number of anilines is 2. The van der Waals surface area contributed by atoms with Crippen LogP contribution in [0.3, 0.4) is 0 Å². The van der Waals surface area contributed by atoms with E-state index in [0.29, 0.717) is 18.5 Å². The second-order valence-corrected chi connectivity index (χ2v) is 10.2. The van der Waals surface area contributed by atoms with Gasteiger partial charge in [0.05, 0.1) is 29.1 Å². The van der Waals surface area contributed by atoms with E-state index in [4.69, 9.17) is 9.84 Å². The molecule has 1 aliphatic carbocycles. The van der Waals surface area contributed by atoms with Crippen molar-refractivity contribution in [3.05, 3.63) is 48.0 Å². The summed E-state index contributed by atoms with van der Waals surface area (Å²) in [6.45, 7) is 0.150. The molecule has 9 nitrogen and oxygen atoms in total. The first-order chi connectivity index (χ1) is 16.4. The van der Waals surface area contributed by atoms with Gasteiger partial charge in [-0.15, -0.1) is 0 Å². The summed E-state index contributed by atoms with van der Waals surface area (Å²) in [7, 11) is -4.54. The van der Waals surface area contributed by atoms with Gasteiger partial charge in [-0.25, -0.2) is 13.2 Å². The first-order valence-corrected chi connectivity index (χ1v) is 12.1. The van der Waals surface area contributed by atoms with Crippen LogP contribution in [-0.2, 0) is 21.0 Å². The second-order valence-electron chi connectivity index (χ2n) is 8.37. The maximum atomic E-state index is 13.5. The van der Waals surface area contributed by atoms with E-state index in [9.17, 15) is 31.2 Å². The van der Waals surface area contributed by atoms with E-state index in [2.05, 4.69) is 10.6 Å². The zero-order chi connectivity index (χ0) is 25.4. The number of nitrogens with one attached hydrogen (secondary N) is 2. The summed E-state index contributed by atoms with van der Waals surface area (Å²) in [5.74, 6) is 0.138. The van der Waals surface area contributed by atoms with E-state index in [1.54, 1.807) is 0 Å². The van der Waals surface area contributed by atoms with Crippen LogP contribution < -0.4 is 19.7 Å². The number of hydrogen-bond donors (Lipinski definition) is 3. The van der Waals surface area contributed by atoms with E-state index in [-0.39, 0.29) is 36.0 Å². The number of alkyl halides is 3. The molecule has 2 amide bonds. The Bertz CT molecular complexity index is 1250. The van der Waals surface area contributed by atoms with Crippen LogP contribution in [-0.4, -0.2) is 44.7 Å². The lowest BCUT2D eigenvalue weighted by Gasteiger charge is -2.35. The Morgan fingerprint density at radius 2 is 1.89 bits per heavy atom. The third-order valence-corrected chi connectivity index (χ3v) is 7.36. The number of carbonyl (C=O) groups is 2. The van der Waals surface area contributed by atoms with Crippen LogP contribution in [0, 0.1) is 5.92 Å². The summed E-state index contributed by atoms with van der Waals surface area (Å²) in [4.78, 5) is 22.8. The number of amides is 2. The van der Waals surface area contributed by atoms with Crippen LogP contribution in [0.4, 0.5) is 29.3 Å². The molecule has 0 aromatic heterocycles. The monoisotopic (exact) mass is 513 g/mol. The lowest BCUT2D eigenvalue weighted by molar-refractivity contribution is -0.137. The molecule has 1 heterocycles. The minimum absolute atomic E-state index is 0.0321. The fraction of sp³-hybridized carbons (Fsp3) is 0.364. The number of nitrogens with zero attached hydrogens (tertiary/aromatic N) is 1. The average molecular weight is 513 g/mol. The Balaban J connectivity index is 1.68. The molecule has 2 aliphatic rings. The predicted octanol–water partition coefficient (Wildman–Crippen LogP) is 3.67. The van der Waals surface area contributed by atoms with Crippen molar-refractivity contribution in [1.82, 2.24) is 5.32 Å². The highest BCUT2D eigenvalue weighted by atomic mass is 32.2. The summed E-state index contributed by atoms with van der Waals surface area (Å²) in [6.07, 6.45) is -5.17. The fourth-order valence-corrected chi connectivity index (χ4v) is 5.21. The quantitative estimate of drug-likeness (QED) is 0.519. The van der Waals surface area contributed by atoms with Crippen LogP contribution >= 0.6 is 0 Å². The van der Waals surface area contributed by atoms with Crippen molar-refractivity contribution in [2.24, 2.45) is 5.92 Å². The molecule has 0 bridgehead atoms. The zero-order valence-electron chi connectivity index (χ0n) is 18.2. The molecule has 4 rings (SSSR count). The number of carboxylic acid groups (broad SMARTS) is 1. The predicted molar refractivity (Wildman–Crippen MR) is 119 cm³/mol. The molecule has 1 fully saturated rings. The Hall–Kier alpha value is -3.48. The van der Waals surface area contributed by atoms with E-state index in [1.807, 2.05) is 0 Å². The number of rotatable bonds is 7. The van der Waals surface area contributed by atoms with Gasteiger partial charge in [-0.1, -0.05) is 6.07 Å². The maximum absolute atomic E-state index is 13.5. The zero-order valence-corrected chi connectivity index (χ0v) is 19.0. The van der Waals surface area contributed by atoms with Crippen LogP contribution in [0.1, 0.15) is 24.8 Å². The first kappa shape index (κ1) is 24.6. The number of ether oxygens (including phenoxy) is 1. The van der Waals surface area contributed by atoms with Gasteiger partial charge < -0.3 is 15.2 Å². The lowest BCUT2D eigenvalue weighted by atomic mass is 10.1. The van der Waals surface area contributed by atoms with Crippen molar-refractivity contribution in [1.29, 1.82) is 0 Å². The Kier molecular flexibility index (Phi) is 6.54. The minimum Gasteiger partial charge on any atom is -0.486 e. The highest BCUT2D eigenvalue weighted by Crippen LogP contribution is 2.40. The van der Waals surface area contributed by atoms with Crippen LogP contribution in [0.5, 0.6) is 5.75 Å². The third-order valence-electron chi connectivity index (χ3n) is 5.59.